The van der Waals surface area contributed by atoms with Crippen molar-refractivity contribution in [3.8, 4) is 5.88 Å². The number of aromatic amines is 1. The third-order valence-electron chi connectivity index (χ3n) is 3.88. The first-order valence-corrected chi connectivity index (χ1v) is 7.76. The number of nitrogen functional groups attached to an aromatic ring is 1. The summed E-state index contributed by atoms with van der Waals surface area (Å²) in [5.41, 5.74) is 7.85. The van der Waals surface area contributed by atoms with Crippen LogP contribution in [0.4, 0.5) is 5.69 Å². The minimum atomic E-state index is -0.0835. The number of ether oxygens (including phenoxy) is 1. The molecule has 2 aromatic heterocycles. The third-order valence-corrected chi connectivity index (χ3v) is 3.88. The number of nitrogens with two attached hydrogens (primary N) is 1. The van der Waals surface area contributed by atoms with Crippen LogP contribution in [0.5, 0.6) is 5.88 Å². The number of aromatic nitrogens is 3. The number of nitrogens with one attached hydrogen (secondary N) is 1. The number of carbonyl (C=O) groups excluding carboxylic acids is 1. The molecule has 0 bridgehead atoms. The summed E-state index contributed by atoms with van der Waals surface area (Å²) in [4.78, 5) is 18.7. The van der Waals surface area contributed by atoms with Crippen molar-refractivity contribution in [2.24, 2.45) is 0 Å². The van der Waals surface area contributed by atoms with Gasteiger partial charge in [-0.3, -0.25) is 9.89 Å². The van der Waals surface area contributed by atoms with Crippen molar-refractivity contribution in [2.45, 2.75) is 32.3 Å². The summed E-state index contributed by atoms with van der Waals surface area (Å²) < 4.78 is 5.55. The van der Waals surface area contributed by atoms with Gasteiger partial charge in [0.1, 0.15) is 5.69 Å². The molecule has 7 nitrogen and oxygen atoms in total. The fourth-order valence-electron chi connectivity index (χ4n) is 2.82. The first kappa shape index (κ1) is 15.3. The van der Waals surface area contributed by atoms with Gasteiger partial charge >= 0.3 is 0 Å². The van der Waals surface area contributed by atoms with Crippen molar-refractivity contribution in [2.75, 3.05) is 18.8 Å². The lowest BCUT2D eigenvalue weighted by Crippen LogP contribution is -2.29. The molecule has 1 aliphatic rings. The van der Waals surface area contributed by atoms with E-state index in [4.69, 9.17) is 10.5 Å². The number of pyridine rings is 1. The van der Waals surface area contributed by atoms with E-state index in [1.807, 2.05) is 13.8 Å². The molecule has 0 spiro atoms. The zero-order valence-electron chi connectivity index (χ0n) is 13.3. The Hall–Kier alpha value is -2.57. The Morgan fingerprint density at radius 2 is 2.30 bits per heavy atom. The standard InChI is InChI=1S/C16H21N5O2/c1-10(2)23-14-5-3-4-13(19-14)16(22)21-7-6-11(9-21)15-12(17)8-18-20-15/h3-5,8,10-11H,6-7,9,17H2,1-2H3,(H,18,20). The Morgan fingerprint density at radius 1 is 1.48 bits per heavy atom. The zero-order chi connectivity index (χ0) is 16.4. The van der Waals surface area contributed by atoms with Crippen LogP contribution in [-0.4, -0.2) is 45.2 Å². The molecule has 1 saturated heterocycles. The van der Waals surface area contributed by atoms with Crippen molar-refractivity contribution < 1.29 is 9.53 Å². The van der Waals surface area contributed by atoms with Gasteiger partial charge in [-0.25, -0.2) is 4.98 Å². The van der Waals surface area contributed by atoms with Gasteiger partial charge in [0.25, 0.3) is 5.91 Å². The number of carbonyl (C=O) groups is 1. The van der Waals surface area contributed by atoms with Gasteiger partial charge < -0.3 is 15.4 Å². The molecule has 3 heterocycles. The molecule has 2 aromatic rings. The number of likely N-dealkylation sites (tertiary alicyclic amines) is 1. The maximum absolute atomic E-state index is 12.6. The highest BCUT2D eigenvalue weighted by atomic mass is 16.5. The minimum absolute atomic E-state index is 0.0207. The summed E-state index contributed by atoms with van der Waals surface area (Å²) in [5.74, 6) is 0.579. The maximum atomic E-state index is 12.6. The van der Waals surface area contributed by atoms with Gasteiger partial charge in [-0.2, -0.15) is 5.10 Å². The average Bonchev–Trinajstić information content (AvgIpc) is 3.14. The fraction of sp³-hybridized carbons (Fsp3) is 0.438. The third kappa shape index (κ3) is 3.28. The Bertz CT molecular complexity index is 697. The van der Waals surface area contributed by atoms with Crippen LogP contribution in [0.1, 0.15) is 42.4 Å². The molecule has 1 aliphatic heterocycles. The van der Waals surface area contributed by atoms with Gasteiger partial charge in [0, 0.05) is 25.1 Å². The van der Waals surface area contributed by atoms with Gasteiger partial charge in [-0.1, -0.05) is 6.07 Å². The quantitative estimate of drug-likeness (QED) is 0.896. The summed E-state index contributed by atoms with van der Waals surface area (Å²) in [6.45, 7) is 5.15. The topological polar surface area (TPSA) is 97.1 Å². The summed E-state index contributed by atoms with van der Waals surface area (Å²) >= 11 is 0. The van der Waals surface area contributed by atoms with Crippen molar-refractivity contribution in [3.63, 3.8) is 0 Å². The molecular formula is C16H21N5O2. The van der Waals surface area contributed by atoms with E-state index in [-0.39, 0.29) is 17.9 Å². The SMILES string of the molecule is CC(C)Oc1cccc(C(=O)N2CCC(c3[nH]ncc3N)C2)n1. The van der Waals surface area contributed by atoms with E-state index >= 15 is 0 Å². The van der Waals surface area contributed by atoms with Crippen LogP contribution in [0.2, 0.25) is 0 Å². The lowest BCUT2D eigenvalue weighted by Gasteiger charge is -2.16. The molecule has 0 aromatic carbocycles. The molecule has 0 radical (unpaired) electrons. The van der Waals surface area contributed by atoms with Crippen LogP contribution in [0.3, 0.4) is 0 Å². The lowest BCUT2D eigenvalue weighted by molar-refractivity contribution is 0.0783. The Morgan fingerprint density at radius 3 is 3.00 bits per heavy atom. The number of nitrogens with zero attached hydrogens (tertiary/aromatic N) is 3. The smallest absolute Gasteiger partial charge is 0.272 e. The second-order valence-corrected chi connectivity index (χ2v) is 6.00. The van der Waals surface area contributed by atoms with Gasteiger partial charge in [-0.15, -0.1) is 0 Å². The number of H-pyrrole nitrogens is 1. The number of anilines is 1. The normalized spacial score (nSPS) is 17.7. The van der Waals surface area contributed by atoms with E-state index in [2.05, 4.69) is 15.2 Å². The average molecular weight is 315 g/mol. The molecule has 23 heavy (non-hydrogen) atoms. The van der Waals surface area contributed by atoms with Crippen LogP contribution in [0.25, 0.3) is 0 Å². The molecule has 1 atom stereocenters. The second-order valence-electron chi connectivity index (χ2n) is 6.00. The monoisotopic (exact) mass is 315 g/mol. The molecule has 1 unspecified atom stereocenters. The van der Waals surface area contributed by atoms with Crippen LogP contribution in [0, 0.1) is 0 Å². The molecule has 122 valence electrons. The molecule has 3 N–H and O–H groups in total. The van der Waals surface area contributed by atoms with Crippen LogP contribution in [-0.2, 0) is 0 Å². The van der Waals surface area contributed by atoms with Crippen LogP contribution in [0.15, 0.2) is 24.4 Å². The van der Waals surface area contributed by atoms with E-state index in [0.29, 0.717) is 30.4 Å². The van der Waals surface area contributed by atoms with E-state index in [0.717, 1.165) is 12.1 Å². The molecule has 1 amide bonds. The molecule has 0 saturated carbocycles. The van der Waals surface area contributed by atoms with Gasteiger partial charge in [-0.05, 0) is 26.3 Å². The largest absolute Gasteiger partial charge is 0.475 e. The van der Waals surface area contributed by atoms with Gasteiger partial charge in [0.05, 0.1) is 23.7 Å². The highest BCUT2D eigenvalue weighted by molar-refractivity contribution is 5.92. The van der Waals surface area contributed by atoms with Crippen LogP contribution < -0.4 is 10.5 Å². The number of amides is 1. The first-order chi connectivity index (χ1) is 11.0. The van der Waals surface area contributed by atoms with Crippen molar-refractivity contribution >= 4 is 11.6 Å². The number of hydrogen-bond donors (Lipinski definition) is 2. The summed E-state index contributed by atoms with van der Waals surface area (Å²) in [5, 5.41) is 6.88. The summed E-state index contributed by atoms with van der Waals surface area (Å²) in [7, 11) is 0. The highest BCUT2D eigenvalue weighted by Gasteiger charge is 2.30. The van der Waals surface area contributed by atoms with Crippen molar-refractivity contribution in [3.05, 3.63) is 35.8 Å². The fourth-order valence-corrected chi connectivity index (χ4v) is 2.82. The van der Waals surface area contributed by atoms with E-state index < -0.39 is 0 Å². The highest BCUT2D eigenvalue weighted by Crippen LogP contribution is 2.29. The molecule has 7 heteroatoms. The van der Waals surface area contributed by atoms with Gasteiger partial charge in [0.2, 0.25) is 5.88 Å². The first-order valence-electron chi connectivity index (χ1n) is 7.76. The number of hydrogen-bond acceptors (Lipinski definition) is 5. The second kappa shape index (κ2) is 6.28. The van der Waals surface area contributed by atoms with E-state index in [1.165, 1.54) is 0 Å². The Balaban J connectivity index is 1.71. The predicted molar refractivity (Wildman–Crippen MR) is 86.3 cm³/mol. The lowest BCUT2D eigenvalue weighted by atomic mass is 10.0. The summed E-state index contributed by atoms with van der Waals surface area (Å²) in [6, 6.07) is 5.26. The molecule has 0 aliphatic carbocycles. The maximum Gasteiger partial charge on any atom is 0.272 e. The number of rotatable bonds is 4. The van der Waals surface area contributed by atoms with E-state index in [9.17, 15) is 4.79 Å². The zero-order valence-corrected chi connectivity index (χ0v) is 13.3. The van der Waals surface area contributed by atoms with E-state index in [1.54, 1.807) is 29.3 Å². The van der Waals surface area contributed by atoms with Crippen molar-refractivity contribution in [1.29, 1.82) is 0 Å². The van der Waals surface area contributed by atoms with Crippen molar-refractivity contribution in [1.82, 2.24) is 20.1 Å². The molecular weight excluding hydrogens is 294 g/mol. The Labute approximate surface area is 134 Å². The Kier molecular flexibility index (Phi) is 4.18. The van der Waals surface area contributed by atoms with Gasteiger partial charge in [0.15, 0.2) is 0 Å². The predicted octanol–water partition coefficient (Wildman–Crippen LogP) is 1.80. The van der Waals surface area contributed by atoms with Crippen LogP contribution >= 0.6 is 0 Å². The summed E-state index contributed by atoms with van der Waals surface area (Å²) in [6.07, 6.45) is 2.49. The molecule has 3 rings (SSSR count). The molecule has 1 fully saturated rings. The minimum Gasteiger partial charge on any atom is -0.475 e.